The van der Waals surface area contributed by atoms with Crippen LogP contribution < -0.4 is 5.73 Å². The summed E-state index contributed by atoms with van der Waals surface area (Å²) in [5.41, 5.74) is 5.95. The zero-order valence-electron chi connectivity index (χ0n) is 12.3. The third kappa shape index (κ3) is 6.58. The number of hydrogen-bond donors (Lipinski definition) is 1. The third-order valence-corrected chi connectivity index (χ3v) is 3.82. The number of halogens is 1. The van der Waals surface area contributed by atoms with Crippen molar-refractivity contribution in [2.24, 2.45) is 10.7 Å². The van der Waals surface area contributed by atoms with E-state index >= 15 is 0 Å². The van der Waals surface area contributed by atoms with Crippen LogP contribution in [-0.4, -0.2) is 56.4 Å². The SMILES string of the molecule is I.NC(=NCCCOC1CCCCC1)N1CCOCC1. The van der Waals surface area contributed by atoms with Gasteiger partial charge in [-0.3, -0.25) is 4.99 Å². The molecule has 118 valence electrons. The largest absolute Gasteiger partial charge is 0.378 e. The summed E-state index contributed by atoms with van der Waals surface area (Å²) < 4.78 is 11.2. The monoisotopic (exact) mass is 397 g/mol. The van der Waals surface area contributed by atoms with Crippen molar-refractivity contribution in [3.63, 3.8) is 0 Å². The number of hydrogen-bond acceptors (Lipinski definition) is 3. The van der Waals surface area contributed by atoms with E-state index in [1.807, 2.05) is 0 Å². The lowest BCUT2D eigenvalue weighted by Crippen LogP contribution is -2.44. The van der Waals surface area contributed by atoms with E-state index in [9.17, 15) is 0 Å². The maximum absolute atomic E-state index is 5.95. The highest BCUT2D eigenvalue weighted by atomic mass is 127. The van der Waals surface area contributed by atoms with Gasteiger partial charge in [0.1, 0.15) is 0 Å². The molecule has 0 atom stereocenters. The highest BCUT2D eigenvalue weighted by Gasteiger charge is 2.13. The minimum Gasteiger partial charge on any atom is -0.378 e. The lowest BCUT2D eigenvalue weighted by atomic mass is 9.98. The molecule has 1 aliphatic carbocycles. The van der Waals surface area contributed by atoms with Gasteiger partial charge in [-0.15, -0.1) is 24.0 Å². The molecule has 5 nitrogen and oxygen atoms in total. The molecule has 0 amide bonds. The molecule has 1 saturated carbocycles. The first-order chi connectivity index (χ1) is 9.36. The molecule has 2 aliphatic rings. The molecular weight excluding hydrogens is 369 g/mol. The van der Waals surface area contributed by atoms with Crippen LogP contribution in [0.1, 0.15) is 38.5 Å². The van der Waals surface area contributed by atoms with Crippen LogP contribution in [0.3, 0.4) is 0 Å². The molecule has 2 rings (SSSR count). The summed E-state index contributed by atoms with van der Waals surface area (Å²) in [6.45, 7) is 4.78. The van der Waals surface area contributed by atoms with Crippen LogP contribution in [-0.2, 0) is 9.47 Å². The lowest BCUT2D eigenvalue weighted by molar-refractivity contribution is 0.0280. The number of ether oxygens (including phenoxy) is 2. The molecule has 20 heavy (non-hydrogen) atoms. The Bertz CT molecular complexity index is 278. The number of guanidine groups is 1. The molecule has 2 fully saturated rings. The van der Waals surface area contributed by atoms with Crippen molar-refractivity contribution in [3.05, 3.63) is 0 Å². The van der Waals surface area contributed by atoms with E-state index in [0.717, 1.165) is 45.9 Å². The van der Waals surface area contributed by atoms with Gasteiger partial charge in [0.25, 0.3) is 0 Å². The summed E-state index contributed by atoms with van der Waals surface area (Å²) in [6, 6.07) is 0. The summed E-state index contributed by atoms with van der Waals surface area (Å²) in [7, 11) is 0. The fraction of sp³-hybridized carbons (Fsp3) is 0.929. The van der Waals surface area contributed by atoms with E-state index in [1.165, 1.54) is 32.1 Å². The molecule has 0 aromatic rings. The predicted molar refractivity (Wildman–Crippen MR) is 91.7 cm³/mol. The van der Waals surface area contributed by atoms with Gasteiger partial charge in [0, 0.05) is 26.2 Å². The topological polar surface area (TPSA) is 60.1 Å². The molecule has 0 bridgehead atoms. The van der Waals surface area contributed by atoms with Gasteiger partial charge < -0.3 is 20.1 Å². The molecule has 0 radical (unpaired) electrons. The number of aliphatic imine (C=N–C) groups is 1. The average Bonchev–Trinajstić information content (AvgIpc) is 2.49. The van der Waals surface area contributed by atoms with Gasteiger partial charge >= 0.3 is 0 Å². The van der Waals surface area contributed by atoms with Crippen molar-refractivity contribution >= 4 is 29.9 Å². The van der Waals surface area contributed by atoms with Gasteiger partial charge in [-0.05, 0) is 19.3 Å². The molecule has 1 saturated heterocycles. The Morgan fingerprint density at radius 2 is 1.90 bits per heavy atom. The van der Waals surface area contributed by atoms with Crippen LogP contribution in [0, 0.1) is 0 Å². The highest BCUT2D eigenvalue weighted by Crippen LogP contribution is 2.20. The lowest BCUT2D eigenvalue weighted by Gasteiger charge is -2.27. The maximum Gasteiger partial charge on any atom is 0.191 e. The fourth-order valence-corrected chi connectivity index (χ4v) is 2.63. The number of nitrogens with two attached hydrogens (primary N) is 1. The fourth-order valence-electron chi connectivity index (χ4n) is 2.63. The zero-order valence-corrected chi connectivity index (χ0v) is 14.6. The quantitative estimate of drug-likeness (QED) is 0.334. The van der Waals surface area contributed by atoms with Crippen LogP contribution >= 0.6 is 24.0 Å². The summed E-state index contributed by atoms with van der Waals surface area (Å²) in [4.78, 5) is 6.50. The number of nitrogens with zero attached hydrogens (tertiary/aromatic N) is 2. The molecule has 1 aliphatic heterocycles. The minimum atomic E-state index is 0. The van der Waals surface area contributed by atoms with Crippen LogP contribution in [0.25, 0.3) is 0 Å². The average molecular weight is 397 g/mol. The van der Waals surface area contributed by atoms with Crippen LogP contribution in [0.4, 0.5) is 0 Å². The van der Waals surface area contributed by atoms with Crippen molar-refractivity contribution in [1.29, 1.82) is 0 Å². The molecule has 0 unspecified atom stereocenters. The Kier molecular flexibility index (Phi) is 9.54. The van der Waals surface area contributed by atoms with E-state index < -0.39 is 0 Å². The van der Waals surface area contributed by atoms with E-state index in [2.05, 4.69) is 9.89 Å². The van der Waals surface area contributed by atoms with Crippen LogP contribution in [0.15, 0.2) is 4.99 Å². The van der Waals surface area contributed by atoms with Gasteiger partial charge in [0.2, 0.25) is 0 Å². The molecule has 0 aromatic carbocycles. The second-order valence-corrected chi connectivity index (χ2v) is 5.32. The first kappa shape index (κ1) is 18.0. The molecule has 1 heterocycles. The smallest absolute Gasteiger partial charge is 0.191 e. The van der Waals surface area contributed by atoms with Crippen LogP contribution in [0.2, 0.25) is 0 Å². The zero-order chi connectivity index (χ0) is 13.3. The Morgan fingerprint density at radius 3 is 2.60 bits per heavy atom. The second-order valence-electron chi connectivity index (χ2n) is 5.32. The Balaban J connectivity index is 0.00000200. The predicted octanol–water partition coefficient (Wildman–Crippen LogP) is 1.99. The van der Waals surface area contributed by atoms with E-state index in [-0.39, 0.29) is 24.0 Å². The molecule has 0 spiro atoms. The Hall–Kier alpha value is -0.0800. The molecule has 2 N–H and O–H groups in total. The normalized spacial score (nSPS) is 21.6. The Morgan fingerprint density at radius 1 is 1.20 bits per heavy atom. The summed E-state index contributed by atoms with van der Waals surface area (Å²) in [5, 5.41) is 0. The minimum absolute atomic E-state index is 0. The van der Waals surface area contributed by atoms with Crippen molar-refractivity contribution in [1.82, 2.24) is 4.90 Å². The van der Waals surface area contributed by atoms with Crippen molar-refractivity contribution in [2.45, 2.75) is 44.6 Å². The van der Waals surface area contributed by atoms with Gasteiger partial charge in [0.05, 0.1) is 19.3 Å². The van der Waals surface area contributed by atoms with Crippen molar-refractivity contribution < 1.29 is 9.47 Å². The molecule has 6 heteroatoms. The summed E-state index contributed by atoms with van der Waals surface area (Å²) >= 11 is 0. The summed E-state index contributed by atoms with van der Waals surface area (Å²) in [6.07, 6.45) is 7.95. The van der Waals surface area contributed by atoms with Gasteiger partial charge in [-0.2, -0.15) is 0 Å². The molecule has 0 aromatic heterocycles. The molecular formula is C14H28IN3O2. The first-order valence-electron chi connectivity index (χ1n) is 7.60. The standard InChI is InChI=1S/C14H27N3O2.HI/c15-14(17-8-11-18-12-9-17)16-7-4-10-19-13-5-2-1-3-6-13;/h13H,1-12H2,(H2,15,16);1H. The van der Waals surface area contributed by atoms with Gasteiger partial charge in [-0.1, -0.05) is 19.3 Å². The van der Waals surface area contributed by atoms with E-state index in [0.29, 0.717) is 12.1 Å². The first-order valence-corrected chi connectivity index (χ1v) is 7.60. The number of rotatable bonds is 5. The third-order valence-electron chi connectivity index (χ3n) is 3.82. The van der Waals surface area contributed by atoms with Crippen molar-refractivity contribution in [3.8, 4) is 0 Å². The van der Waals surface area contributed by atoms with Gasteiger partial charge in [0.15, 0.2) is 5.96 Å². The van der Waals surface area contributed by atoms with Gasteiger partial charge in [-0.25, -0.2) is 0 Å². The van der Waals surface area contributed by atoms with E-state index in [4.69, 9.17) is 15.2 Å². The van der Waals surface area contributed by atoms with E-state index in [1.54, 1.807) is 0 Å². The second kappa shape index (κ2) is 10.6. The highest BCUT2D eigenvalue weighted by molar-refractivity contribution is 14.0. The Labute approximate surface area is 139 Å². The summed E-state index contributed by atoms with van der Waals surface area (Å²) in [5.74, 6) is 0.654. The maximum atomic E-state index is 5.95. The van der Waals surface area contributed by atoms with Crippen LogP contribution in [0.5, 0.6) is 0 Å². The van der Waals surface area contributed by atoms with Crippen molar-refractivity contribution in [2.75, 3.05) is 39.5 Å². The number of morpholine rings is 1.